The van der Waals surface area contributed by atoms with Crippen molar-refractivity contribution in [1.29, 1.82) is 0 Å². The summed E-state index contributed by atoms with van der Waals surface area (Å²) in [7, 11) is 0. The number of carbonyl (C=O) groups excluding carboxylic acids is 1. The van der Waals surface area contributed by atoms with E-state index >= 15 is 0 Å². The fourth-order valence-corrected chi connectivity index (χ4v) is 1.54. The maximum atomic E-state index is 11.3. The Bertz CT molecular complexity index is 179. The SMILES string of the molecule is CCC1OC(C)CCOC(=O)C1C. The number of hydrogen-bond donors (Lipinski definition) is 0. The predicted molar refractivity (Wildman–Crippen MR) is 49.4 cm³/mol. The molecule has 76 valence electrons. The van der Waals surface area contributed by atoms with Gasteiger partial charge in [-0.25, -0.2) is 0 Å². The Hall–Kier alpha value is -0.570. The zero-order chi connectivity index (χ0) is 9.84. The van der Waals surface area contributed by atoms with Gasteiger partial charge in [0.1, 0.15) is 0 Å². The van der Waals surface area contributed by atoms with Crippen molar-refractivity contribution in [1.82, 2.24) is 0 Å². The van der Waals surface area contributed by atoms with Crippen LogP contribution in [0.2, 0.25) is 0 Å². The molecule has 1 aliphatic heterocycles. The average molecular weight is 186 g/mol. The van der Waals surface area contributed by atoms with Gasteiger partial charge in [-0.15, -0.1) is 0 Å². The van der Waals surface area contributed by atoms with Crippen LogP contribution < -0.4 is 0 Å². The molecule has 3 nitrogen and oxygen atoms in total. The highest BCUT2D eigenvalue weighted by atomic mass is 16.5. The van der Waals surface area contributed by atoms with E-state index in [1.807, 2.05) is 20.8 Å². The van der Waals surface area contributed by atoms with Gasteiger partial charge in [0.05, 0.1) is 24.7 Å². The minimum atomic E-state index is -0.132. The molecule has 0 saturated carbocycles. The predicted octanol–water partition coefficient (Wildman–Crippen LogP) is 1.75. The molecule has 3 atom stereocenters. The number of cyclic esters (lactones) is 1. The third-order valence-electron chi connectivity index (χ3n) is 2.51. The van der Waals surface area contributed by atoms with Crippen LogP contribution in [0.15, 0.2) is 0 Å². The Morgan fingerprint density at radius 2 is 2.15 bits per heavy atom. The van der Waals surface area contributed by atoms with Gasteiger partial charge >= 0.3 is 5.97 Å². The molecule has 0 N–H and O–H groups in total. The molecule has 1 rings (SSSR count). The second-order valence-electron chi connectivity index (χ2n) is 3.64. The van der Waals surface area contributed by atoms with Crippen LogP contribution >= 0.6 is 0 Å². The first-order chi connectivity index (χ1) is 6.15. The van der Waals surface area contributed by atoms with E-state index in [1.54, 1.807) is 0 Å². The summed E-state index contributed by atoms with van der Waals surface area (Å²) in [6.45, 7) is 6.41. The Labute approximate surface area is 79.4 Å². The monoisotopic (exact) mass is 186 g/mol. The van der Waals surface area contributed by atoms with Gasteiger partial charge in [-0.2, -0.15) is 0 Å². The molecule has 0 aromatic heterocycles. The molecule has 0 bridgehead atoms. The molecule has 13 heavy (non-hydrogen) atoms. The van der Waals surface area contributed by atoms with Crippen molar-refractivity contribution in [2.45, 2.75) is 45.8 Å². The largest absolute Gasteiger partial charge is 0.465 e. The van der Waals surface area contributed by atoms with Crippen LogP contribution in [-0.4, -0.2) is 24.8 Å². The van der Waals surface area contributed by atoms with E-state index in [1.165, 1.54) is 0 Å². The summed E-state index contributed by atoms with van der Waals surface area (Å²) < 4.78 is 10.8. The molecule has 0 amide bonds. The minimum Gasteiger partial charge on any atom is -0.465 e. The highest BCUT2D eigenvalue weighted by molar-refractivity contribution is 5.72. The second kappa shape index (κ2) is 4.61. The molecule has 1 heterocycles. The number of carbonyl (C=O) groups is 1. The summed E-state index contributed by atoms with van der Waals surface area (Å²) in [4.78, 5) is 11.3. The van der Waals surface area contributed by atoms with Gasteiger partial charge < -0.3 is 9.47 Å². The van der Waals surface area contributed by atoms with Crippen LogP contribution in [0.25, 0.3) is 0 Å². The lowest BCUT2D eigenvalue weighted by Gasteiger charge is -2.28. The van der Waals surface area contributed by atoms with Crippen LogP contribution in [0, 0.1) is 5.92 Å². The third kappa shape index (κ3) is 2.69. The highest BCUT2D eigenvalue weighted by Gasteiger charge is 2.28. The zero-order valence-corrected chi connectivity index (χ0v) is 8.58. The van der Waals surface area contributed by atoms with E-state index in [4.69, 9.17) is 9.47 Å². The van der Waals surface area contributed by atoms with Crippen molar-refractivity contribution in [2.24, 2.45) is 5.92 Å². The molecule has 0 aromatic carbocycles. The molecular formula is C10H18O3. The molecule has 3 unspecified atom stereocenters. The molecule has 1 fully saturated rings. The minimum absolute atomic E-state index is 0.0165. The van der Waals surface area contributed by atoms with Gasteiger partial charge in [-0.1, -0.05) is 6.92 Å². The second-order valence-corrected chi connectivity index (χ2v) is 3.64. The van der Waals surface area contributed by atoms with E-state index in [0.29, 0.717) is 6.61 Å². The van der Waals surface area contributed by atoms with Crippen LogP contribution in [0.3, 0.4) is 0 Å². The normalized spacial score (nSPS) is 36.2. The Balaban J connectivity index is 2.61. The first kappa shape index (κ1) is 10.5. The summed E-state index contributed by atoms with van der Waals surface area (Å²) >= 11 is 0. The maximum Gasteiger partial charge on any atom is 0.311 e. The topological polar surface area (TPSA) is 35.5 Å². The van der Waals surface area contributed by atoms with Crippen molar-refractivity contribution in [2.75, 3.05) is 6.61 Å². The maximum absolute atomic E-state index is 11.3. The molecule has 0 radical (unpaired) electrons. The van der Waals surface area contributed by atoms with Crippen LogP contribution in [0.4, 0.5) is 0 Å². The quantitative estimate of drug-likeness (QED) is 0.585. The fraction of sp³-hybridized carbons (Fsp3) is 0.900. The molecular weight excluding hydrogens is 168 g/mol. The standard InChI is InChI=1S/C10H18O3/c1-4-9-8(3)10(11)12-6-5-7(2)13-9/h7-9H,4-6H2,1-3H3. The molecule has 1 aliphatic rings. The van der Waals surface area contributed by atoms with E-state index in [2.05, 4.69) is 0 Å². The van der Waals surface area contributed by atoms with Gasteiger partial charge in [0.25, 0.3) is 0 Å². The van der Waals surface area contributed by atoms with Crippen LogP contribution in [0.1, 0.15) is 33.6 Å². The summed E-state index contributed by atoms with van der Waals surface area (Å²) in [6.07, 6.45) is 1.87. The lowest BCUT2D eigenvalue weighted by atomic mass is 10.0. The average Bonchev–Trinajstić information content (AvgIpc) is 2.11. The third-order valence-corrected chi connectivity index (χ3v) is 2.51. The van der Waals surface area contributed by atoms with Gasteiger partial charge in [0, 0.05) is 6.42 Å². The number of ether oxygens (including phenoxy) is 2. The van der Waals surface area contributed by atoms with E-state index in [9.17, 15) is 4.79 Å². The Morgan fingerprint density at radius 3 is 2.77 bits per heavy atom. The molecule has 3 heteroatoms. The van der Waals surface area contributed by atoms with Crippen LogP contribution in [0.5, 0.6) is 0 Å². The van der Waals surface area contributed by atoms with Gasteiger partial charge in [-0.3, -0.25) is 4.79 Å². The lowest BCUT2D eigenvalue weighted by molar-refractivity contribution is -0.162. The van der Waals surface area contributed by atoms with Crippen molar-refractivity contribution < 1.29 is 14.3 Å². The van der Waals surface area contributed by atoms with Gasteiger partial charge in [0.2, 0.25) is 0 Å². The Kier molecular flexibility index (Phi) is 3.72. The zero-order valence-electron chi connectivity index (χ0n) is 8.58. The van der Waals surface area contributed by atoms with Crippen molar-refractivity contribution in [3.05, 3.63) is 0 Å². The summed E-state index contributed by atoms with van der Waals surface area (Å²) in [5, 5.41) is 0. The molecule has 0 spiro atoms. The summed E-state index contributed by atoms with van der Waals surface area (Å²) in [5.41, 5.74) is 0. The molecule has 0 aliphatic carbocycles. The number of hydrogen-bond acceptors (Lipinski definition) is 3. The van der Waals surface area contributed by atoms with E-state index in [0.717, 1.165) is 12.8 Å². The smallest absolute Gasteiger partial charge is 0.311 e. The van der Waals surface area contributed by atoms with Gasteiger partial charge in [0.15, 0.2) is 0 Å². The van der Waals surface area contributed by atoms with E-state index in [-0.39, 0.29) is 24.1 Å². The molecule has 1 saturated heterocycles. The highest BCUT2D eigenvalue weighted by Crippen LogP contribution is 2.19. The van der Waals surface area contributed by atoms with Crippen molar-refractivity contribution >= 4 is 5.97 Å². The van der Waals surface area contributed by atoms with Gasteiger partial charge in [-0.05, 0) is 20.3 Å². The van der Waals surface area contributed by atoms with Crippen molar-refractivity contribution in [3.63, 3.8) is 0 Å². The number of rotatable bonds is 1. The van der Waals surface area contributed by atoms with Crippen molar-refractivity contribution in [3.8, 4) is 0 Å². The fourth-order valence-electron chi connectivity index (χ4n) is 1.54. The summed E-state index contributed by atoms with van der Waals surface area (Å²) in [5.74, 6) is -0.258. The van der Waals surface area contributed by atoms with E-state index < -0.39 is 0 Å². The Morgan fingerprint density at radius 1 is 1.46 bits per heavy atom. The number of esters is 1. The van der Waals surface area contributed by atoms with Crippen LogP contribution in [-0.2, 0) is 14.3 Å². The summed E-state index contributed by atoms with van der Waals surface area (Å²) in [6, 6.07) is 0. The first-order valence-electron chi connectivity index (χ1n) is 4.97. The first-order valence-corrected chi connectivity index (χ1v) is 4.97. The lowest BCUT2D eigenvalue weighted by Crippen LogP contribution is -2.35. The molecule has 0 aromatic rings.